The van der Waals surface area contributed by atoms with Crippen LogP contribution in [0, 0.1) is 5.92 Å². The first-order valence-electron chi connectivity index (χ1n) is 10.7. The number of rotatable bonds is 7. The van der Waals surface area contributed by atoms with Crippen molar-refractivity contribution >= 4 is 44.8 Å². The van der Waals surface area contributed by atoms with E-state index in [4.69, 9.17) is 0 Å². The summed E-state index contributed by atoms with van der Waals surface area (Å²) in [4.78, 5) is 29.1. The number of anilines is 3. The minimum atomic E-state index is -3.19. The fourth-order valence-electron chi connectivity index (χ4n) is 3.69. The summed E-state index contributed by atoms with van der Waals surface area (Å²) in [5.41, 5.74) is 2.03. The molecule has 0 bridgehead atoms. The zero-order valence-electron chi connectivity index (χ0n) is 18.5. The minimum Gasteiger partial charge on any atom is -0.354 e. The molecule has 34 heavy (non-hydrogen) atoms. The zero-order valence-corrected chi connectivity index (χ0v) is 19.3. The number of sulfonamides is 1. The van der Waals surface area contributed by atoms with E-state index >= 15 is 0 Å². The number of aromatic nitrogens is 5. The van der Waals surface area contributed by atoms with Gasteiger partial charge < -0.3 is 16.0 Å². The summed E-state index contributed by atoms with van der Waals surface area (Å²) in [6.45, 7) is 0.846. The van der Waals surface area contributed by atoms with Crippen LogP contribution in [0.1, 0.15) is 34.8 Å². The van der Waals surface area contributed by atoms with E-state index in [0.29, 0.717) is 24.4 Å². The molecule has 178 valence electrons. The highest BCUT2D eigenvalue weighted by Crippen LogP contribution is 2.33. The normalized spacial score (nSPS) is 16.8. The molecule has 1 aliphatic carbocycles. The number of nitrogens with zero attached hydrogens (tertiary/aromatic N) is 6. The van der Waals surface area contributed by atoms with Crippen LogP contribution in [0.5, 0.6) is 0 Å². The van der Waals surface area contributed by atoms with Crippen molar-refractivity contribution in [3.8, 4) is 0 Å². The van der Waals surface area contributed by atoms with Gasteiger partial charge >= 0.3 is 0 Å². The Morgan fingerprint density at radius 2 is 1.94 bits per heavy atom. The Morgan fingerprint density at radius 3 is 2.62 bits per heavy atom. The highest BCUT2D eigenvalue weighted by Gasteiger charge is 2.34. The first-order chi connectivity index (χ1) is 16.2. The second-order valence-corrected chi connectivity index (χ2v) is 10.4. The third-order valence-electron chi connectivity index (χ3n) is 5.88. The molecule has 3 aromatic rings. The van der Waals surface area contributed by atoms with Gasteiger partial charge in [0.2, 0.25) is 21.9 Å². The van der Waals surface area contributed by atoms with E-state index in [1.165, 1.54) is 23.8 Å². The van der Waals surface area contributed by atoms with Gasteiger partial charge in [0.1, 0.15) is 5.69 Å². The Kier molecular flexibility index (Phi) is 5.40. The van der Waals surface area contributed by atoms with Gasteiger partial charge in [-0.05, 0) is 24.5 Å². The van der Waals surface area contributed by atoms with Gasteiger partial charge in [0.05, 0.1) is 18.1 Å². The van der Waals surface area contributed by atoms with Crippen LogP contribution in [0.15, 0.2) is 24.5 Å². The van der Waals surface area contributed by atoms with Gasteiger partial charge in [0, 0.05) is 38.2 Å². The first-order valence-corrected chi connectivity index (χ1v) is 12.5. The lowest BCUT2D eigenvalue weighted by molar-refractivity contribution is -0.117. The lowest BCUT2D eigenvalue weighted by Gasteiger charge is -2.37. The maximum Gasteiger partial charge on any atom is 0.273 e. The van der Waals surface area contributed by atoms with Crippen molar-refractivity contribution in [1.82, 2.24) is 34.4 Å². The number of amides is 2. The molecule has 1 saturated heterocycles. The van der Waals surface area contributed by atoms with Gasteiger partial charge in [-0.1, -0.05) is 6.07 Å². The van der Waals surface area contributed by atoms with E-state index in [1.54, 1.807) is 16.8 Å². The standard InChI is InChI=1S/C20H23N9O4S/c1-21-19(31)17-16(14(7-22-26-17)23-18(30)11-3-4-11)25-20-24-15-6-5-12(10-29(15)27-20)13-8-28(9-13)34(2,32)33/h5-7,10-11,13H,3-4,8-9H2,1-2H3,(H,21,31)(H,22,25,27)(H,23,26,30). The van der Waals surface area contributed by atoms with Crippen molar-refractivity contribution in [1.29, 1.82) is 0 Å². The molecule has 13 nitrogen and oxygen atoms in total. The van der Waals surface area contributed by atoms with Gasteiger partial charge in [0.15, 0.2) is 11.3 Å². The molecule has 1 saturated carbocycles. The zero-order chi connectivity index (χ0) is 24.0. The number of fused-ring (bicyclic) bond motifs is 1. The number of carbonyl (C=O) groups is 2. The average molecular weight is 486 g/mol. The van der Waals surface area contributed by atoms with Crippen molar-refractivity contribution in [3.05, 3.63) is 35.8 Å². The van der Waals surface area contributed by atoms with Crippen molar-refractivity contribution in [2.24, 2.45) is 5.92 Å². The highest BCUT2D eigenvalue weighted by molar-refractivity contribution is 7.88. The first kappa shape index (κ1) is 22.2. The van der Waals surface area contributed by atoms with E-state index < -0.39 is 15.9 Å². The summed E-state index contributed by atoms with van der Waals surface area (Å²) in [5, 5.41) is 20.5. The Balaban J connectivity index is 1.42. The summed E-state index contributed by atoms with van der Waals surface area (Å²) in [5.74, 6) is -0.391. The monoisotopic (exact) mass is 485 g/mol. The number of nitrogens with one attached hydrogen (secondary N) is 3. The van der Waals surface area contributed by atoms with Crippen LogP contribution in [0.25, 0.3) is 5.65 Å². The van der Waals surface area contributed by atoms with Crippen LogP contribution in [0.4, 0.5) is 17.3 Å². The van der Waals surface area contributed by atoms with Gasteiger partial charge in [-0.3, -0.25) is 9.59 Å². The molecular formula is C20H23N9O4S. The lowest BCUT2D eigenvalue weighted by Crippen LogP contribution is -2.47. The number of hydrogen-bond donors (Lipinski definition) is 3. The summed E-state index contributed by atoms with van der Waals surface area (Å²) >= 11 is 0. The minimum absolute atomic E-state index is 0.00836. The Labute approximate surface area is 195 Å². The molecule has 2 amide bonds. The topological polar surface area (TPSA) is 164 Å². The average Bonchev–Trinajstić information content (AvgIpc) is 3.53. The Bertz CT molecular complexity index is 1390. The molecule has 0 atom stereocenters. The van der Waals surface area contributed by atoms with Crippen molar-refractivity contribution in [3.63, 3.8) is 0 Å². The summed E-state index contributed by atoms with van der Waals surface area (Å²) in [6, 6.07) is 3.68. The highest BCUT2D eigenvalue weighted by atomic mass is 32.2. The van der Waals surface area contributed by atoms with Gasteiger partial charge in [-0.2, -0.15) is 10.1 Å². The maximum atomic E-state index is 12.4. The van der Waals surface area contributed by atoms with Crippen LogP contribution < -0.4 is 16.0 Å². The Hall–Kier alpha value is -3.65. The molecule has 2 fully saturated rings. The molecule has 3 N–H and O–H groups in total. The predicted octanol–water partition coefficient (Wildman–Crippen LogP) is 0.330. The van der Waals surface area contributed by atoms with Crippen LogP contribution in [0.2, 0.25) is 0 Å². The van der Waals surface area contributed by atoms with Crippen LogP contribution in [-0.4, -0.2) is 75.7 Å². The molecule has 0 spiro atoms. The van der Waals surface area contributed by atoms with Gasteiger partial charge in [-0.25, -0.2) is 17.2 Å². The van der Waals surface area contributed by atoms with Gasteiger partial charge in [0.25, 0.3) is 5.91 Å². The molecule has 0 aromatic carbocycles. The number of carbonyl (C=O) groups excluding carboxylic acids is 2. The third kappa shape index (κ3) is 4.28. The van der Waals surface area contributed by atoms with Crippen LogP contribution in [0.3, 0.4) is 0 Å². The number of hydrogen-bond acceptors (Lipinski definition) is 9. The van der Waals surface area contributed by atoms with E-state index in [0.717, 1.165) is 18.4 Å². The fourth-order valence-corrected chi connectivity index (χ4v) is 4.59. The lowest BCUT2D eigenvalue weighted by atomic mass is 9.95. The molecule has 3 aromatic heterocycles. The predicted molar refractivity (Wildman–Crippen MR) is 122 cm³/mol. The second-order valence-electron chi connectivity index (χ2n) is 8.43. The Morgan fingerprint density at radius 1 is 1.18 bits per heavy atom. The SMILES string of the molecule is CNC(=O)c1nncc(NC(=O)C2CC2)c1Nc1nc2ccc(C3CN(S(C)(=O)=O)C3)cn2n1. The van der Waals surface area contributed by atoms with Crippen molar-refractivity contribution in [2.75, 3.05) is 37.0 Å². The van der Waals surface area contributed by atoms with Crippen LogP contribution in [-0.2, 0) is 14.8 Å². The molecule has 14 heteroatoms. The molecule has 5 rings (SSSR count). The quantitative estimate of drug-likeness (QED) is 0.428. The second kappa shape index (κ2) is 8.29. The van der Waals surface area contributed by atoms with Crippen molar-refractivity contribution in [2.45, 2.75) is 18.8 Å². The third-order valence-corrected chi connectivity index (χ3v) is 7.11. The molecule has 1 aliphatic heterocycles. The summed E-state index contributed by atoms with van der Waals surface area (Å²) in [6.07, 6.45) is 6.03. The van der Waals surface area contributed by atoms with E-state index in [9.17, 15) is 18.0 Å². The molecule has 0 radical (unpaired) electrons. The summed E-state index contributed by atoms with van der Waals surface area (Å²) in [7, 11) is -1.72. The van der Waals surface area contributed by atoms with Crippen LogP contribution >= 0.6 is 0 Å². The smallest absolute Gasteiger partial charge is 0.273 e. The molecule has 2 aliphatic rings. The van der Waals surface area contributed by atoms with E-state index in [-0.39, 0.29) is 35.1 Å². The number of pyridine rings is 1. The fraction of sp³-hybridized carbons (Fsp3) is 0.400. The van der Waals surface area contributed by atoms with E-state index in [1.807, 2.05) is 6.07 Å². The van der Waals surface area contributed by atoms with Gasteiger partial charge in [-0.15, -0.1) is 10.2 Å². The largest absolute Gasteiger partial charge is 0.354 e. The molecule has 0 unspecified atom stereocenters. The van der Waals surface area contributed by atoms with E-state index in [2.05, 4.69) is 36.2 Å². The summed E-state index contributed by atoms with van der Waals surface area (Å²) < 4.78 is 26.3. The molecule has 4 heterocycles. The maximum absolute atomic E-state index is 12.4. The molecular weight excluding hydrogens is 462 g/mol. The van der Waals surface area contributed by atoms with Crippen molar-refractivity contribution < 1.29 is 18.0 Å².